The third kappa shape index (κ3) is 5.10. The highest BCUT2D eigenvalue weighted by atomic mass is 35.5. The molecule has 0 radical (unpaired) electrons. The van der Waals surface area contributed by atoms with Crippen LogP contribution in [-0.4, -0.2) is 44.9 Å². The zero-order chi connectivity index (χ0) is 20.9. The van der Waals surface area contributed by atoms with Crippen molar-refractivity contribution >= 4 is 27.5 Å². The lowest BCUT2D eigenvalue weighted by Gasteiger charge is -2.33. The zero-order valence-corrected chi connectivity index (χ0v) is 17.9. The summed E-state index contributed by atoms with van der Waals surface area (Å²) in [5, 5.41) is 3.36. The zero-order valence-electron chi connectivity index (χ0n) is 16.3. The fourth-order valence-corrected chi connectivity index (χ4v) is 5.33. The second-order valence-corrected chi connectivity index (χ2v) is 9.26. The Morgan fingerprint density at radius 2 is 1.90 bits per heavy atom. The molecule has 0 spiro atoms. The minimum atomic E-state index is -3.77. The Hall–Kier alpha value is -2.09. The number of ether oxygens (including phenoxy) is 1. The van der Waals surface area contributed by atoms with Crippen LogP contribution in [0.5, 0.6) is 5.75 Å². The first-order chi connectivity index (χ1) is 13.9. The predicted octanol–water partition coefficient (Wildman–Crippen LogP) is 3.25. The van der Waals surface area contributed by atoms with Gasteiger partial charge in [-0.2, -0.15) is 4.31 Å². The van der Waals surface area contributed by atoms with Gasteiger partial charge in [-0.25, -0.2) is 8.42 Å². The molecule has 1 aliphatic heterocycles. The van der Waals surface area contributed by atoms with Gasteiger partial charge in [0.1, 0.15) is 11.8 Å². The maximum Gasteiger partial charge on any atom is 0.243 e. The molecule has 1 saturated heterocycles. The van der Waals surface area contributed by atoms with Gasteiger partial charge in [-0.05, 0) is 55.2 Å². The van der Waals surface area contributed by atoms with E-state index in [0.717, 1.165) is 24.2 Å². The summed E-state index contributed by atoms with van der Waals surface area (Å²) < 4.78 is 32.8. The van der Waals surface area contributed by atoms with Crippen LogP contribution in [0.3, 0.4) is 0 Å². The molecular formula is C21H25ClN2O4S. The Balaban J connectivity index is 1.68. The van der Waals surface area contributed by atoms with Gasteiger partial charge in [0.15, 0.2) is 0 Å². The number of nitrogens with one attached hydrogen (secondary N) is 1. The summed E-state index contributed by atoms with van der Waals surface area (Å²) in [5.74, 6) is 0.503. The Morgan fingerprint density at radius 1 is 1.17 bits per heavy atom. The second kappa shape index (κ2) is 9.61. The monoisotopic (exact) mass is 436 g/mol. The number of carbonyl (C=O) groups excluding carboxylic acids is 1. The largest absolute Gasteiger partial charge is 0.496 e. The Labute approximate surface area is 176 Å². The van der Waals surface area contributed by atoms with Crippen LogP contribution in [0.2, 0.25) is 5.02 Å². The number of benzene rings is 2. The van der Waals surface area contributed by atoms with Gasteiger partial charge in [-0.1, -0.05) is 36.2 Å². The minimum absolute atomic E-state index is 0.149. The molecule has 1 fully saturated rings. The van der Waals surface area contributed by atoms with E-state index in [-0.39, 0.29) is 10.8 Å². The van der Waals surface area contributed by atoms with Crippen molar-refractivity contribution in [3.05, 3.63) is 59.1 Å². The van der Waals surface area contributed by atoms with E-state index in [0.29, 0.717) is 31.0 Å². The topological polar surface area (TPSA) is 75.7 Å². The molecule has 0 aliphatic carbocycles. The first kappa shape index (κ1) is 21.6. The van der Waals surface area contributed by atoms with Crippen LogP contribution < -0.4 is 10.1 Å². The number of halogens is 1. The lowest BCUT2D eigenvalue weighted by molar-refractivity contribution is -0.125. The van der Waals surface area contributed by atoms with Crippen molar-refractivity contribution in [3.8, 4) is 5.75 Å². The van der Waals surface area contributed by atoms with Crippen LogP contribution in [0.25, 0.3) is 0 Å². The summed E-state index contributed by atoms with van der Waals surface area (Å²) in [6.07, 6.45) is 2.66. The first-order valence-corrected chi connectivity index (χ1v) is 11.4. The molecule has 3 rings (SSSR count). The summed E-state index contributed by atoms with van der Waals surface area (Å²) in [7, 11) is -2.16. The highest BCUT2D eigenvalue weighted by Gasteiger charge is 2.37. The molecule has 0 saturated carbocycles. The van der Waals surface area contributed by atoms with Crippen molar-refractivity contribution in [1.82, 2.24) is 9.62 Å². The lowest BCUT2D eigenvalue weighted by atomic mass is 10.0. The molecule has 29 heavy (non-hydrogen) atoms. The van der Waals surface area contributed by atoms with Gasteiger partial charge in [0.25, 0.3) is 0 Å². The molecule has 6 nitrogen and oxygen atoms in total. The molecule has 1 aliphatic rings. The van der Waals surface area contributed by atoms with Gasteiger partial charge in [0.05, 0.1) is 12.0 Å². The smallest absolute Gasteiger partial charge is 0.243 e. The maximum atomic E-state index is 13.1. The SMILES string of the molecule is COc1ccccc1CCNC(=O)[C@H]1CCCCN1S(=O)(=O)c1ccc(Cl)cc1. The third-order valence-corrected chi connectivity index (χ3v) is 7.24. The number of piperidine rings is 1. The Bertz CT molecular complexity index is 947. The van der Waals surface area contributed by atoms with Crippen molar-refractivity contribution < 1.29 is 17.9 Å². The molecule has 0 aromatic heterocycles. The van der Waals surface area contributed by atoms with Gasteiger partial charge in [-0.15, -0.1) is 0 Å². The number of para-hydroxylation sites is 1. The second-order valence-electron chi connectivity index (χ2n) is 6.93. The van der Waals surface area contributed by atoms with E-state index in [1.807, 2.05) is 24.3 Å². The number of hydrogen-bond donors (Lipinski definition) is 1. The van der Waals surface area contributed by atoms with Crippen LogP contribution >= 0.6 is 11.6 Å². The molecule has 0 unspecified atom stereocenters. The van der Waals surface area contributed by atoms with Crippen LogP contribution in [0.4, 0.5) is 0 Å². The molecule has 1 atom stereocenters. The van der Waals surface area contributed by atoms with E-state index >= 15 is 0 Å². The number of nitrogens with zero attached hydrogens (tertiary/aromatic N) is 1. The number of hydrogen-bond acceptors (Lipinski definition) is 4. The number of sulfonamides is 1. The standard InChI is InChI=1S/C21H25ClN2O4S/c1-28-20-8-3-2-6-16(20)13-14-23-21(25)19-7-4-5-15-24(19)29(26,27)18-11-9-17(22)10-12-18/h2-3,6,8-12,19H,4-5,7,13-15H2,1H3,(H,23,25)/t19-/m1/s1. The van der Waals surface area contributed by atoms with E-state index in [2.05, 4.69) is 5.32 Å². The molecule has 0 bridgehead atoms. The summed E-state index contributed by atoms with van der Waals surface area (Å²) >= 11 is 5.87. The van der Waals surface area contributed by atoms with Gasteiger partial charge in [-0.3, -0.25) is 4.79 Å². The highest BCUT2D eigenvalue weighted by Crippen LogP contribution is 2.26. The van der Waals surface area contributed by atoms with Crippen LogP contribution in [0, 0.1) is 0 Å². The molecule has 156 valence electrons. The normalized spacial score (nSPS) is 17.7. The maximum absolute atomic E-state index is 13.1. The van der Waals surface area contributed by atoms with Crippen molar-refractivity contribution in [1.29, 1.82) is 0 Å². The molecule has 1 amide bonds. The number of amides is 1. The van der Waals surface area contributed by atoms with Crippen molar-refractivity contribution in [3.63, 3.8) is 0 Å². The first-order valence-electron chi connectivity index (χ1n) is 9.60. The van der Waals surface area contributed by atoms with Gasteiger partial charge in [0, 0.05) is 18.1 Å². The van der Waals surface area contributed by atoms with Crippen molar-refractivity contribution in [2.45, 2.75) is 36.6 Å². The molecule has 1 heterocycles. The van der Waals surface area contributed by atoms with E-state index in [1.165, 1.54) is 16.4 Å². The summed E-state index contributed by atoms with van der Waals surface area (Å²) in [4.78, 5) is 13.0. The number of carbonyl (C=O) groups is 1. The quantitative estimate of drug-likeness (QED) is 0.722. The van der Waals surface area contributed by atoms with E-state index in [1.54, 1.807) is 19.2 Å². The van der Waals surface area contributed by atoms with E-state index in [9.17, 15) is 13.2 Å². The van der Waals surface area contributed by atoms with Gasteiger partial charge in [0.2, 0.25) is 15.9 Å². The minimum Gasteiger partial charge on any atom is -0.496 e. The van der Waals surface area contributed by atoms with Crippen LogP contribution in [-0.2, 0) is 21.2 Å². The number of methoxy groups -OCH3 is 1. The molecule has 8 heteroatoms. The summed E-state index contributed by atoms with van der Waals surface area (Å²) in [5.41, 5.74) is 0.990. The van der Waals surface area contributed by atoms with Crippen molar-refractivity contribution in [2.24, 2.45) is 0 Å². The predicted molar refractivity (Wildman–Crippen MR) is 113 cm³/mol. The van der Waals surface area contributed by atoms with Crippen LogP contribution in [0.1, 0.15) is 24.8 Å². The van der Waals surface area contributed by atoms with E-state index in [4.69, 9.17) is 16.3 Å². The van der Waals surface area contributed by atoms with Gasteiger partial charge < -0.3 is 10.1 Å². The third-order valence-electron chi connectivity index (χ3n) is 5.06. The van der Waals surface area contributed by atoms with Crippen molar-refractivity contribution in [2.75, 3.05) is 20.2 Å². The van der Waals surface area contributed by atoms with Gasteiger partial charge >= 0.3 is 0 Å². The fourth-order valence-electron chi connectivity index (χ4n) is 3.54. The summed E-state index contributed by atoms with van der Waals surface area (Å²) in [6.45, 7) is 0.736. The molecule has 1 N–H and O–H groups in total. The average molecular weight is 437 g/mol. The average Bonchev–Trinajstić information content (AvgIpc) is 2.74. The van der Waals surface area contributed by atoms with Crippen LogP contribution in [0.15, 0.2) is 53.4 Å². The molecule has 2 aromatic carbocycles. The van der Waals surface area contributed by atoms with E-state index < -0.39 is 16.1 Å². The highest BCUT2D eigenvalue weighted by molar-refractivity contribution is 7.89. The Kier molecular flexibility index (Phi) is 7.16. The molecule has 2 aromatic rings. The molecular weight excluding hydrogens is 412 g/mol. The summed E-state index contributed by atoms with van der Waals surface area (Å²) in [6, 6.07) is 13.0. The number of rotatable bonds is 7. The Morgan fingerprint density at radius 3 is 2.62 bits per heavy atom. The lowest BCUT2D eigenvalue weighted by Crippen LogP contribution is -2.52. The fraction of sp³-hybridized carbons (Fsp3) is 0.381.